The number of hydrogen-bond acceptors (Lipinski definition) is 3. The summed E-state index contributed by atoms with van der Waals surface area (Å²) in [6, 6.07) is 11.9. The van der Waals surface area contributed by atoms with Gasteiger partial charge in [-0.1, -0.05) is 47.6 Å². The molecule has 2 nitrogen and oxygen atoms in total. The van der Waals surface area contributed by atoms with E-state index in [9.17, 15) is 5.11 Å². The monoisotopic (exact) mass is 331 g/mol. The van der Waals surface area contributed by atoms with Crippen LogP contribution in [0.2, 0.25) is 5.02 Å². The molecule has 0 saturated carbocycles. The molecular formula is C18H18ClNOS. The Hall–Kier alpha value is -1.42. The number of hydrogen-bond donors (Lipinski definition) is 1. The Balaban J connectivity index is 2.12. The lowest BCUT2D eigenvalue weighted by atomic mass is 9.95. The van der Waals surface area contributed by atoms with Gasteiger partial charge in [0.15, 0.2) is 0 Å². The molecule has 0 unspecified atom stereocenters. The first kappa shape index (κ1) is 15.5. The minimum absolute atomic E-state index is 0.250. The number of benzene rings is 2. The lowest BCUT2D eigenvalue weighted by molar-refractivity contribution is 0.417. The topological polar surface area (TPSA) is 23.5 Å². The van der Waals surface area contributed by atoms with Gasteiger partial charge in [-0.3, -0.25) is 0 Å². The molecule has 0 radical (unpaired) electrons. The van der Waals surface area contributed by atoms with E-state index in [0.29, 0.717) is 5.02 Å². The quantitative estimate of drug-likeness (QED) is 0.739. The number of aromatic hydroxyl groups is 1. The number of halogens is 1. The first-order chi connectivity index (χ1) is 10.6. The molecule has 1 aliphatic rings. The summed E-state index contributed by atoms with van der Waals surface area (Å²) in [4.78, 5) is 4.22. The number of rotatable bonds is 3. The lowest BCUT2D eigenvalue weighted by Gasteiger charge is -2.23. The summed E-state index contributed by atoms with van der Waals surface area (Å²) in [6.45, 7) is 0.987. The van der Waals surface area contributed by atoms with Crippen LogP contribution in [0, 0.1) is 0 Å². The van der Waals surface area contributed by atoms with Crippen LogP contribution in [0.25, 0.3) is 5.57 Å². The van der Waals surface area contributed by atoms with Crippen molar-refractivity contribution >= 4 is 28.9 Å². The van der Waals surface area contributed by atoms with Gasteiger partial charge < -0.3 is 10.0 Å². The molecule has 0 bridgehead atoms. The molecule has 0 amide bonds. The van der Waals surface area contributed by atoms with Crippen LogP contribution in [-0.2, 0) is 0 Å². The third kappa shape index (κ3) is 3.02. The van der Waals surface area contributed by atoms with Crippen LogP contribution < -0.4 is 0 Å². The standard InChI is InChI=1S/C18H18ClNOS/c1-20(2)9-5-7-13-14-6-3-4-8-17(14)22-18-15(13)10-12(19)11-16(18)21/h3-4,6-8,10-11,21H,5,9H2,1-2H3/b13-7+. The van der Waals surface area contributed by atoms with Gasteiger partial charge in [0.2, 0.25) is 0 Å². The SMILES string of the molecule is CN(C)CC/C=C1\c2ccccc2Sc2c(O)cc(Cl)cc21. The fraction of sp³-hybridized carbons (Fsp3) is 0.222. The maximum atomic E-state index is 10.3. The van der Waals surface area contributed by atoms with Gasteiger partial charge >= 0.3 is 0 Å². The van der Waals surface area contributed by atoms with E-state index in [0.717, 1.165) is 29.0 Å². The highest BCUT2D eigenvalue weighted by molar-refractivity contribution is 7.99. The Morgan fingerprint density at radius 2 is 1.95 bits per heavy atom. The molecule has 0 aliphatic carbocycles. The zero-order chi connectivity index (χ0) is 15.7. The van der Waals surface area contributed by atoms with E-state index >= 15 is 0 Å². The summed E-state index contributed by atoms with van der Waals surface area (Å²) >= 11 is 7.76. The minimum atomic E-state index is 0.250. The van der Waals surface area contributed by atoms with E-state index in [1.807, 2.05) is 12.1 Å². The minimum Gasteiger partial charge on any atom is -0.507 e. The summed E-state index contributed by atoms with van der Waals surface area (Å²) < 4.78 is 0. The van der Waals surface area contributed by atoms with Gasteiger partial charge in [0.05, 0.1) is 4.90 Å². The highest BCUT2D eigenvalue weighted by Gasteiger charge is 2.23. The molecule has 114 valence electrons. The summed E-state index contributed by atoms with van der Waals surface area (Å²) in [5, 5.41) is 10.8. The zero-order valence-corrected chi connectivity index (χ0v) is 14.2. The van der Waals surface area contributed by atoms with E-state index in [-0.39, 0.29) is 5.75 Å². The normalized spacial score (nSPS) is 15.0. The van der Waals surface area contributed by atoms with Crippen LogP contribution in [-0.4, -0.2) is 30.6 Å². The average Bonchev–Trinajstić information content (AvgIpc) is 2.47. The van der Waals surface area contributed by atoms with Crippen LogP contribution in [0.4, 0.5) is 0 Å². The van der Waals surface area contributed by atoms with Gasteiger partial charge in [-0.2, -0.15) is 0 Å². The predicted octanol–water partition coefficient (Wildman–Crippen LogP) is 4.89. The van der Waals surface area contributed by atoms with E-state index < -0.39 is 0 Å². The van der Waals surface area contributed by atoms with Gasteiger partial charge in [0.1, 0.15) is 5.75 Å². The van der Waals surface area contributed by atoms with Crippen LogP contribution in [0.5, 0.6) is 5.75 Å². The molecule has 2 aromatic rings. The number of fused-ring (bicyclic) bond motifs is 2. The Kier molecular flexibility index (Phi) is 4.48. The Bertz CT molecular complexity index is 740. The van der Waals surface area contributed by atoms with Crippen LogP contribution in [0.3, 0.4) is 0 Å². The van der Waals surface area contributed by atoms with Crippen LogP contribution in [0.1, 0.15) is 17.5 Å². The summed E-state index contributed by atoms with van der Waals surface area (Å²) in [7, 11) is 4.14. The van der Waals surface area contributed by atoms with Gasteiger partial charge in [-0.25, -0.2) is 0 Å². The smallest absolute Gasteiger partial charge is 0.131 e. The van der Waals surface area contributed by atoms with Crippen molar-refractivity contribution in [2.75, 3.05) is 20.6 Å². The second-order valence-electron chi connectivity index (χ2n) is 5.61. The summed E-state index contributed by atoms with van der Waals surface area (Å²) in [6.07, 6.45) is 3.20. The summed E-state index contributed by atoms with van der Waals surface area (Å²) in [5.74, 6) is 0.250. The molecule has 0 atom stereocenters. The predicted molar refractivity (Wildman–Crippen MR) is 93.9 cm³/mol. The van der Waals surface area contributed by atoms with Crippen LogP contribution in [0.15, 0.2) is 52.3 Å². The second-order valence-corrected chi connectivity index (χ2v) is 7.10. The van der Waals surface area contributed by atoms with E-state index in [1.165, 1.54) is 10.5 Å². The Morgan fingerprint density at radius 3 is 2.73 bits per heavy atom. The highest BCUT2D eigenvalue weighted by atomic mass is 35.5. The van der Waals surface area contributed by atoms with Gasteiger partial charge in [0, 0.05) is 22.0 Å². The highest BCUT2D eigenvalue weighted by Crippen LogP contribution is 2.49. The molecule has 4 heteroatoms. The molecule has 0 fully saturated rings. The largest absolute Gasteiger partial charge is 0.507 e. The first-order valence-corrected chi connectivity index (χ1v) is 8.40. The van der Waals surface area contributed by atoms with Crippen molar-refractivity contribution < 1.29 is 5.11 Å². The Morgan fingerprint density at radius 1 is 1.18 bits per heavy atom. The van der Waals surface area contributed by atoms with Crippen molar-refractivity contribution in [2.24, 2.45) is 0 Å². The van der Waals surface area contributed by atoms with E-state index in [4.69, 9.17) is 11.6 Å². The molecule has 2 aromatic carbocycles. The molecule has 1 aliphatic heterocycles. The molecular weight excluding hydrogens is 314 g/mol. The zero-order valence-electron chi connectivity index (χ0n) is 12.6. The lowest BCUT2D eigenvalue weighted by Crippen LogP contribution is -2.12. The first-order valence-electron chi connectivity index (χ1n) is 7.21. The molecule has 1 N–H and O–H groups in total. The van der Waals surface area contributed by atoms with Gasteiger partial charge in [-0.15, -0.1) is 0 Å². The third-order valence-corrected chi connectivity index (χ3v) is 5.07. The number of phenols is 1. The maximum Gasteiger partial charge on any atom is 0.131 e. The molecule has 0 saturated heterocycles. The molecule has 0 spiro atoms. The fourth-order valence-electron chi connectivity index (χ4n) is 2.61. The van der Waals surface area contributed by atoms with Gasteiger partial charge in [0.25, 0.3) is 0 Å². The average molecular weight is 332 g/mol. The van der Waals surface area contributed by atoms with Gasteiger partial charge in [-0.05, 0) is 49.9 Å². The molecule has 3 rings (SSSR count). The molecule has 1 heterocycles. The fourth-order valence-corrected chi connectivity index (χ4v) is 3.92. The molecule has 22 heavy (non-hydrogen) atoms. The van der Waals surface area contributed by atoms with Crippen molar-refractivity contribution in [2.45, 2.75) is 16.2 Å². The van der Waals surface area contributed by atoms with Crippen molar-refractivity contribution in [3.63, 3.8) is 0 Å². The van der Waals surface area contributed by atoms with Crippen molar-refractivity contribution in [3.05, 3.63) is 58.6 Å². The third-order valence-electron chi connectivity index (χ3n) is 3.64. The summed E-state index contributed by atoms with van der Waals surface area (Å²) in [5.41, 5.74) is 3.39. The Labute approximate surface area is 140 Å². The van der Waals surface area contributed by atoms with Crippen molar-refractivity contribution in [3.8, 4) is 5.75 Å². The number of phenolic OH excluding ortho intramolecular Hbond substituents is 1. The second kappa shape index (κ2) is 6.37. The van der Waals surface area contributed by atoms with Crippen molar-refractivity contribution in [1.29, 1.82) is 0 Å². The molecule has 0 aromatic heterocycles. The van der Waals surface area contributed by atoms with E-state index in [2.05, 4.69) is 43.3 Å². The number of nitrogens with zero attached hydrogens (tertiary/aromatic N) is 1. The van der Waals surface area contributed by atoms with Crippen LogP contribution >= 0.6 is 23.4 Å². The van der Waals surface area contributed by atoms with Crippen molar-refractivity contribution in [1.82, 2.24) is 4.90 Å². The van der Waals surface area contributed by atoms with E-state index in [1.54, 1.807) is 17.8 Å². The maximum absolute atomic E-state index is 10.3.